The van der Waals surface area contributed by atoms with Crippen molar-refractivity contribution in [2.75, 3.05) is 20.1 Å². The van der Waals surface area contributed by atoms with Crippen LogP contribution in [0.25, 0.3) is 11.3 Å². The summed E-state index contributed by atoms with van der Waals surface area (Å²) in [7, 11) is 1.90. The van der Waals surface area contributed by atoms with Gasteiger partial charge in [-0.25, -0.2) is 0 Å². The number of pyridine rings is 2. The Morgan fingerprint density at radius 2 is 2.09 bits per heavy atom. The fourth-order valence-electron chi connectivity index (χ4n) is 2.91. The van der Waals surface area contributed by atoms with Gasteiger partial charge in [0.25, 0.3) is 11.5 Å². The predicted molar refractivity (Wildman–Crippen MR) is 88.3 cm³/mol. The molecule has 6 nitrogen and oxygen atoms in total. The van der Waals surface area contributed by atoms with Gasteiger partial charge in [-0.1, -0.05) is 0 Å². The van der Waals surface area contributed by atoms with E-state index in [1.807, 2.05) is 19.2 Å². The summed E-state index contributed by atoms with van der Waals surface area (Å²) in [6.45, 7) is 1.34. The number of amides is 1. The summed E-state index contributed by atoms with van der Waals surface area (Å²) in [5.74, 6) is -0.201. The van der Waals surface area contributed by atoms with Crippen LogP contribution in [0.5, 0.6) is 0 Å². The first-order valence-corrected chi connectivity index (χ1v) is 7.79. The van der Waals surface area contributed by atoms with Crippen molar-refractivity contribution < 1.29 is 4.79 Å². The summed E-state index contributed by atoms with van der Waals surface area (Å²) in [5.41, 5.74) is 1.39. The van der Waals surface area contributed by atoms with Gasteiger partial charge in [-0.15, -0.1) is 0 Å². The van der Waals surface area contributed by atoms with Gasteiger partial charge in [0.2, 0.25) is 0 Å². The third-order valence-corrected chi connectivity index (χ3v) is 4.25. The number of H-pyrrole nitrogens is 1. The zero-order chi connectivity index (χ0) is 16.2. The van der Waals surface area contributed by atoms with Crippen LogP contribution in [-0.4, -0.2) is 47.0 Å². The second-order valence-electron chi connectivity index (χ2n) is 5.73. The van der Waals surface area contributed by atoms with Gasteiger partial charge in [0.05, 0.1) is 0 Å². The molecule has 0 radical (unpaired) electrons. The highest BCUT2D eigenvalue weighted by Gasteiger charge is 2.25. The number of likely N-dealkylation sites (N-methyl/N-ethyl adjacent to an activating group) is 1. The Hall–Kier alpha value is -2.47. The third-order valence-electron chi connectivity index (χ3n) is 4.25. The van der Waals surface area contributed by atoms with Crippen LogP contribution in [0, 0.1) is 0 Å². The van der Waals surface area contributed by atoms with E-state index in [1.54, 1.807) is 29.4 Å². The molecule has 120 valence electrons. The lowest BCUT2D eigenvalue weighted by Crippen LogP contribution is -2.47. The first-order valence-electron chi connectivity index (χ1n) is 7.79. The molecule has 2 N–H and O–H groups in total. The molecule has 3 rings (SSSR count). The van der Waals surface area contributed by atoms with E-state index in [2.05, 4.69) is 15.3 Å². The van der Waals surface area contributed by atoms with Crippen molar-refractivity contribution in [3.63, 3.8) is 0 Å². The highest BCUT2D eigenvalue weighted by atomic mass is 16.2. The monoisotopic (exact) mass is 312 g/mol. The summed E-state index contributed by atoms with van der Waals surface area (Å²) in [6.07, 6.45) is 5.33. The fraction of sp³-hybridized carbons (Fsp3) is 0.353. The largest absolute Gasteiger partial charge is 0.337 e. The van der Waals surface area contributed by atoms with Gasteiger partial charge in [0, 0.05) is 42.8 Å². The molecule has 1 atom stereocenters. The Labute approximate surface area is 134 Å². The second-order valence-corrected chi connectivity index (χ2v) is 5.73. The van der Waals surface area contributed by atoms with Crippen molar-refractivity contribution >= 4 is 5.91 Å². The number of rotatable bonds is 3. The minimum Gasteiger partial charge on any atom is -0.337 e. The van der Waals surface area contributed by atoms with Gasteiger partial charge in [0.15, 0.2) is 0 Å². The maximum Gasteiger partial charge on any atom is 0.261 e. The lowest BCUT2D eigenvalue weighted by Gasteiger charge is -2.32. The predicted octanol–water partition coefficient (Wildman–Crippen LogP) is 1.26. The molecule has 2 aromatic rings. The molecule has 0 spiro atoms. The zero-order valence-electron chi connectivity index (χ0n) is 13.1. The SMILES string of the molecule is CN[C@H]1CCCN(C(=O)c2ccc(-c3ccncc3)[nH]c2=O)C1. The van der Waals surface area contributed by atoms with Crippen LogP contribution in [0.1, 0.15) is 23.2 Å². The van der Waals surface area contributed by atoms with E-state index in [9.17, 15) is 9.59 Å². The third kappa shape index (κ3) is 3.32. The lowest BCUT2D eigenvalue weighted by molar-refractivity contribution is 0.0696. The Kier molecular flexibility index (Phi) is 4.52. The summed E-state index contributed by atoms with van der Waals surface area (Å²) in [5, 5.41) is 3.20. The van der Waals surface area contributed by atoms with Crippen LogP contribution < -0.4 is 10.9 Å². The van der Waals surface area contributed by atoms with E-state index in [-0.39, 0.29) is 17.0 Å². The van der Waals surface area contributed by atoms with Gasteiger partial charge in [-0.05, 0) is 44.2 Å². The number of hydrogen-bond donors (Lipinski definition) is 2. The topological polar surface area (TPSA) is 78.1 Å². The fourth-order valence-corrected chi connectivity index (χ4v) is 2.91. The van der Waals surface area contributed by atoms with Crippen molar-refractivity contribution in [2.45, 2.75) is 18.9 Å². The van der Waals surface area contributed by atoms with Crippen LogP contribution in [-0.2, 0) is 0 Å². The average Bonchev–Trinajstić information content (AvgIpc) is 2.62. The van der Waals surface area contributed by atoms with Crippen LogP contribution in [0.2, 0.25) is 0 Å². The molecule has 0 saturated carbocycles. The van der Waals surface area contributed by atoms with Crippen LogP contribution >= 0.6 is 0 Å². The summed E-state index contributed by atoms with van der Waals surface area (Å²) in [4.78, 5) is 33.4. The number of likely N-dealkylation sites (tertiary alicyclic amines) is 1. The van der Waals surface area contributed by atoms with Gasteiger partial charge >= 0.3 is 0 Å². The van der Waals surface area contributed by atoms with Crippen molar-refractivity contribution in [3.8, 4) is 11.3 Å². The normalized spacial score (nSPS) is 18.0. The molecule has 3 heterocycles. The molecule has 0 bridgehead atoms. The van der Waals surface area contributed by atoms with Gasteiger partial charge in [-0.2, -0.15) is 0 Å². The number of hydrogen-bond acceptors (Lipinski definition) is 4. The molecule has 1 aliphatic rings. The van der Waals surface area contributed by atoms with Crippen LogP contribution in [0.15, 0.2) is 41.5 Å². The number of carbonyl (C=O) groups is 1. The molecule has 0 unspecified atom stereocenters. The highest BCUT2D eigenvalue weighted by Crippen LogP contribution is 2.16. The van der Waals surface area contributed by atoms with Crippen LogP contribution in [0.3, 0.4) is 0 Å². The Balaban J connectivity index is 1.83. The lowest BCUT2D eigenvalue weighted by atomic mass is 10.0. The molecule has 1 amide bonds. The van der Waals surface area contributed by atoms with Crippen molar-refractivity contribution in [3.05, 3.63) is 52.6 Å². The van der Waals surface area contributed by atoms with Gasteiger partial charge in [0.1, 0.15) is 5.56 Å². The molecule has 2 aromatic heterocycles. The molecule has 1 aliphatic heterocycles. The molecule has 23 heavy (non-hydrogen) atoms. The van der Waals surface area contributed by atoms with E-state index < -0.39 is 0 Å². The van der Waals surface area contributed by atoms with Crippen molar-refractivity contribution in [1.29, 1.82) is 0 Å². The van der Waals surface area contributed by atoms with E-state index in [0.717, 1.165) is 18.4 Å². The number of aromatic nitrogens is 2. The quantitative estimate of drug-likeness (QED) is 0.894. The average molecular weight is 312 g/mol. The minimum atomic E-state index is -0.351. The highest BCUT2D eigenvalue weighted by molar-refractivity contribution is 5.94. The van der Waals surface area contributed by atoms with E-state index in [1.165, 1.54) is 0 Å². The van der Waals surface area contributed by atoms with Crippen molar-refractivity contribution in [1.82, 2.24) is 20.2 Å². The number of piperidine rings is 1. The minimum absolute atomic E-state index is 0.194. The Morgan fingerprint density at radius 1 is 1.30 bits per heavy atom. The molecule has 0 aromatic carbocycles. The summed E-state index contributed by atoms with van der Waals surface area (Å²) >= 11 is 0. The molecule has 1 saturated heterocycles. The summed E-state index contributed by atoms with van der Waals surface area (Å²) < 4.78 is 0. The Morgan fingerprint density at radius 3 is 2.78 bits per heavy atom. The first-order chi connectivity index (χ1) is 11.2. The van der Waals surface area contributed by atoms with E-state index in [0.29, 0.717) is 24.8 Å². The maximum atomic E-state index is 12.6. The first kappa shape index (κ1) is 15.4. The van der Waals surface area contributed by atoms with E-state index >= 15 is 0 Å². The number of carbonyl (C=O) groups excluding carboxylic acids is 1. The smallest absolute Gasteiger partial charge is 0.261 e. The number of nitrogens with one attached hydrogen (secondary N) is 2. The molecule has 6 heteroatoms. The molecular weight excluding hydrogens is 292 g/mol. The molecule has 0 aliphatic carbocycles. The standard InChI is InChI=1S/C17H20N4O2/c1-18-13-3-2-10-21(11-13)17(23)14-4-5-15(20-16(14)22)12-6-8-19-9-7-12/h4-9,13,18H,2-3,10-11H2,1H3,(H,20,22)/t13-/m0/s1. The zero-order valence-corrected chi connectivity index (χ0v) is 13.1. The van der Waals surface area contributed by atoms with Crippen molar-refractivity contribution in [2.24, 2.45) is 0 Å². The molecular formula is C17H20N4O2. The summed E-state index contributed by atoms with van der Waals surface area (Å²) in [6, 6.07) is 7.30. The second kappa shape index (κ2) is 6.75. The number of aromatic amines is 1. The molecule has 1 fully saturated rings. The van der Waals surface area contributed by atoms with Crippen LogP contribution in [0.4, 0.5) is 0 Å². The maximum absolute atomic E-state index is 12.6. The van der Waals surface area contributed by atoms with Gasteiger partial charge < -0.3 is 15.2 Å². The Bertz CT molecular complexity index is 742. The van der Waals surface area contributed by atoms with E-state index in [4.69, 9.17) is 0 Å². The number of nitrogens with zero attached hydrogens (tertiary/aromatic N) is 2. The van der Waals surface area contributed by atoms with Gasteiger partial charge in [-0.3, -0.25) is 14.6 Å².